The molecule has 0 fully saturated rings. The lowest BCUT2D eigenvalue weighted by atomic mass is 9.82. The van der Waals surface area contributed by atoms with Crippen LogP contribution in [0.4, 0.5) is 0 Å². The lowest BCUT2D eigenvalue weighted by Gasteiger charge is -2.23. The fourth-order valence-electron chi connectivity index (χ4n) is 2.78. The number of allylic oxidation sites excluding steroid dienone is 7. The molecule has 0 heterocycles. The standard InChI is InChI=1S/C20H32/c1-16(2)8-6-10-18(5)20-14-12-19(13-15-20)11-7-9-17(3)4/h8-9,12,20H,5-7,10-11,13-15H2,1-4H3. The molecule has 1 aliphatic rings. The molecule has 0 amide bonds. The van der Waals surface area contributed by atoms with E-state index in [0.717, 1.165) is 18.8 Å². The highest BCUT2D eigenvalue weighted by Gasteiger charge is 2.16. The summed E-state index contributed by atoms with van der Waals surface area (Å²) in [7, 11) is 0. The smallest absolute Gasteiger partial charge is 0.0168 e. The van der Waals surface area contributed by atoms with E-state index in [2.05, 4.69) is 52.5 Å². The molecule has 0 radical (unpaired) electrons. The Balaban J connectivity index is 2.32. The Bertz CT molecular complexity index is 396. The van der Waals surface area contributed by atoms with Crippen molar-refractivity contribution < 1.29 is 0 Å². The Kier molecular flexibility index (Phi) is 7.65. The van der Waals surface area contributed by atoms with Gasteiger partial charge >= 0.3 is 0 Å². The van der Waals surface area contributed by atoms with Crippen LogP contribution in [0.5, 0.6) is 0 Å². The van der Waals surface area contributed by atoms with Gasteiger partial charge in [-0.15, -0.1) is 0 Å². The maximum absolute atomic E-state index is 4.32. The minimum Gasteiger partial charge on any atom is -0.0996 e. The van der Waals surface area contributed by atoms with E-state index < -0.39 is 0 Å². The SMILES string of the molecule is C=C(CCC=C(C)C)C1CC=C(CCC=C(C)C)CC1. The van der Waals surface area contributed by atoms with E-state index in [9.17, 15) is 0 Å². The summed E-state index contributed by atoms with van der Waals surface area (Å²) in [5.41, 5.74) is 5.98. The van der Waals surface area contributed by atoms with Gasteiger partial charge in [-0.25, -0.2) is 0 Å². The van der Waals surface area contributed by atoms with Crippen LogP contribution < -0.4 is 0 Å². The summed E-state index contributed by atoms with van der Waals surface area (Å²) in [5.74, 6) is 0.729. The lowest BCUT2D eigenvalue weighted by Crippen LogP contribution is -2.08. The fourth-order valence-corrected chi connectivity index (χ4v) is 2.78. The van der Waals surface area contributed by atoms with Crippen LogP contribution in [0.15, 0.2) is 47.1 Å². The van der Waals surface area contributed by atoms with Crippen LogP contribution in [0.1, 0.15) is 72.6 Å². The summed E-state index contributed by atoms with van der Waals surface area (Å²) >= 11 is 0. The molecule has 0 saturated carbocycles. The first-order valence-electron chi connectivity index (χ1n) is 8.11. The van der Waals surface area contributed by atoms with Crippen molar-refractivity contribution >= 4 is 0 Å². The maximum atomic E-state index is 4.32. The molecule has 1 unspecified atom stereocenters. The monoisotopic (exact) mass is 272 g/mol. The van der Waals surface area contributed by atoms with Crippen LogP contribution in [0.3, 0.4) is 0 Å². The lowest BCUT2D eigenvalue weighted by molar-refractivity contribution is 0.516. The van der Waals surface area contributed by atoms with E-state index in [1.807, 2.05) is 0 Å². The van der Waals surface area contributed by atoms with E-state index in [0.29, 0.717) is 0 Å². The summed E-state index contributed by atoms with van der Waals surface area (Å²) in [6.45, 7) is 13.0. The molecule has 112 valence electrons. The zero-order chi connectivity index (χ0) is 15.0. The van der Waals surface area contributed by atoms with Crippen LogP contribution in [0, 0.1) is 5.92 Å². The first-order chi connectivity index (χ1) is 9.49. The van der Waals surface area contributed by atoms with Gasteiger partial charge in [0, 0.05) is 0 Å². The van der Waals surface area contributed by atoms with Gasteiger partial charge in [0.15, 0.2) is 0 Å². The molecular weight excluding hydrogens is 240 g/mol. The zero-order valence-corrected chi connectivity index (χ0v) is 14.0. The summed E-state index contributed by atoms with van der Waals surface area (Å²) in [4.78, 5) is 0. The Morgan fingerprint density at radius 1 is 1.15 bits per heavy atom. The normalized spacial score (nSPS) is 18.2. The van der Waals surface area contributed by atoms with Gasteiger partial charge in [-0.1, -0.05) is 47.1 Å². The minimum absolute atomic E-state index is 0.729. The van der Waals surface area contributed by atoms with Gasteiger partial charge in [0.25, 0.3) is 0 Å². The molecule has 0 N–H and O–H groups in total. The minimum atomic E-state index is 0.729. The average Bonchev–Trinajstić information content (AvgIpc) is 2.38. The van der Waals surface area contributed by atoms with Crippen molar-refractivity contribution in [2.75, 3.05) is 0 Å². The second-order valence-electron chi connectivity index (χ2n) is 6.63. The van der Waals surface area contributed by atoms with E-state index >= 15 is 0 Å². The van der Waals surface area contributed by atoms with Crippen molar-refractivity contribution in [3.8, 4) is 0 Å². The summed E-state index contributed by atoms with van der Waals surface area (Å²) < 4.78 is 0. The third-order valence-electron chi connectivity index (χ3n) is 4.12. The number of rotatable bonds is 7. The molecule has 0 spiro atoms. The second-order valence-corrected chi connectivity index (χ2v) is 6.63. The Morgan fingerprint density at radius 2 is 1.80 bits per heavy atom. The molecule has 0 aromatic heterocycles. The Morgan fingerprint density at radius 3 is 2.35 bits per heavy atom. The predicted octanol–water partition coefficient (Wildman–Crippen LogP) is 6.76. The molecule has 0 aromatic rings. The molecule has 1 atom stereocenters. The van der Waals surface area contributed by atoms with Gasteiger partial charge in [0.2, 0.25) is 0 Å². The molecule has 0 nitrogen and oxygen atoms in total. The molecule has 1 aliphatic carbocycles. The van der Waals surface area contributed by atoms with Crippen LogP contribution in [0.25, 0.3) is 0 Å². The molecule has 20 heavy (non-hydrogen) atoms. The van der Waals surface area contributed by atoms with E-state index in [1.165, 1.54) is 48.8 Å². The first kappa shape index (κ1) is 17.0. The largest absolute Gasteiger partial charge is 0.0996 e. The van der Waals surface area contributed by atoms with Crippen molar-refractivity contribution in [2.45, 2.75) is 72.6 Å². The van der Waals surface area contributed by atoms with Crippen LogP contribution >= 0.6 is 0 Å². The zero-order valence-electron chi connectivity index (χ0n) is 14.0. The summed E-state index contributed by atoms with van der Waals surface area (Å²) in [6.07, 6.45) is 15.8. The van der Waals surface area contributed by atoms with Crippen LogP contribution in [-0.4, -0.2) is 0 Å². The molecule has 0 heteroatoms. The topological polar surface area (TPSA) is 0 Å². The number of hydrogen-bond acceptors (Lipinski definition) is 0. The summed E-state index contributed by atoms with van der Waals surface area (Å²) in [6, 6.07) is 0. The highest BCUT2D eigenvalue weighted by Crippen LogP contribution is 2.32. The maximum Gasteiger partial charge on any atom is -0.0168 e. The molecule has 0 aliphatic heterocycles. The van der Waals surface area contributed by atoms with Gasteiger partial charge in [-0.2, -0.15) is 0 Å². The van der Waals surface area contributed by atoms with Crippen molar-refractivity contribution in [1.29, 1.82) is 0 Å². The van der Waals surface area contributed by atoms with Crippen molar-refractivity contribution in [3.63, 3.8) is 0 Å². The van der Waals surface area contributed by atoms with Crippen LogP contribution in [0.2, 0.25) is 0 Å². The van der Waals surface area contributed by atoms with Gasteiger partial charge in [0.1, 0.15) is 0 Å². The fraction of sp³-hybridized carbons (Fsp3) is 0.600. The van der Waals surface area contributed by atoms with Crippen molar-refractivity contribution in [2.24, 2.45) is 5.92 Å². The third kappa shape index (κ3) is 6.93. The van der Waals surface area contributed by atoms with Crippen LogP contribution in [-0.2, 0) is 0 Å². The van der Waals surface area contributed by atoms with Gasteiger partial charge < -0.3 is 0 Å². The van der Waals surface area contributed by atoms with Crippen molar-refractivity contribution in [1.82, 2.24) is 0 Å². The molecule has 0 saturated heterocycles. The van der Waals surface area contributed by atoms with E-state index in [4.69, 9.17) is 0 Å². The highest BCUT2D eigenvalue weighted by molar-refractivity contribution is 5.14. The average molecular weight is 272 g/mol. The number of hydrogen-bond donors (Lipinski definition) is 0. The summed E-state index contributed by atoms with van der Waals surface area (Å²) in [5, 5.41) is 0. The first-order valence-corrected chi connectivity index (χ1v) is 8.11. The Hall–Kier alpha value is -1.04. The third-order valence-corrected chi connectivity index (χ3v) is 4.12. The molecule has 0 aromatic carbocycles. The Labute approximate surface area is 126 Å². The van der Waals surface area contributed by atoms with Gasteiger partial charge in [0.05, 0.1) is 0 Å². The quantitative estimate of drug-likeness (QED) is 0.449. The van der Waals surface area contributed by atoms with E-state index in [-0.39, 0.29) is 0 Å². The predicted molar refractivity (Wildman–Crippen MR) is 91.9 cm³/mol. The van der Waals surface area contributed by atoms with E-state index in [1.54, 1.807) is 5.57 Å². The van der Waals surface area contributed by atoms with Gasteiger partial charge in [-0.3, -0.25) is 0 Å². The molecular formula is C20H32. The highest BCUT2D eigenvalue weighted by atomic mass is 14.2. The van der Waals surface area contributed by atoms with Gasteiger partial charge in [-0.05, 0) is 78.6 Å². The molecule has 0 bridgehead atoms. The second kappa shape index (κ2) is 9.00. The van der Waals surface area contributed by atoms with Crippen molar-refractivity contribution in [3.05, 3.63) is 47.1 Å². The molecule has 1 rings (SSSR count).